The molecular formula is C27H44O3. The van der Waals surface area contributed by atoms with E-state index in [1.807, 2.05) is 13.8 Å². The molecule has 3 N–H and O–H groups in total. The molecule has 0 bridgehead atoms. The van der Waals surface area contributed by atoms with Gasteiger partial charge in [0.2, 0.25) is 0 Å². The lowest BCUT2D eigenvalue weighted by Crippen LogP contribution is -2.36. The standard InChI is InChI=1S/C27H44O3/c1-18(8-6-14-26(3,4)30)23-12-13-24-20(9-7-15-27(23,24)5)10-11-21-16-22(28)17-25(29)19(21)2/h10-11,18,22-25,28-30H,2,6-9,12-17H2,1,3-5H3/b20-10+,21-11-/t18-,22+,23?,24-,25-,27+/m0/s1. The van der Waals surface area contributed by atoms with Crippen molar-refractivity contribution in [2.24, 2.45) is 23.2 Å². The third kappa shape index (κ3) is 5.29. The van der Waals surface area contributed by atoms with Crippen molar-refractivity contribution in [2.45, 2.75) is 110 Å². The highest BCUT2D eigenvalue weighted by molar-refractivity contribution is 5.38. The van der Waals surface area contributed by atoms with Crippen molar-refractivity contribution in [3.05, 3.63) is 35.5 Å². The summed E-state index contributed by atoms with van der Waals surface area (Å²) in [6.07, 6.45) is 13.9. The minimum absolute atomic E-state index is 0.374. The Balaban J connectivity index is 1.70. The Kier molecular flexibility index (Phi) is 7.37. The lowest BCUT2D eigenvalue weighted by atomic mass is 9.60. The Labute approximate surface area is 184 Å². The Hall–Kier alpha value is -0.900. The van der Waals surface area contributed by atoms with Crippen molar-refractivity contribution in [3.8, 4) is 0 Å². The SMILES string of the molecule is C=C1/C(=C\C=C2/CCC[C@]3(C)C([C@@H](C)CCCC(C)(C)O)CC[C@@H]23)C[C@@H](O)C[C@@H]1O. The number of allylic oxidation sites excluding steroid dienone is 3. The van der Waals surface area contributed by atoms with Crippen LogP contribution in [-0.2, 0) is 0 Å². The van der Waals surface area contributed by atoms with Crippen molar-refractivity contribution in [3.63, 3.8) is 0 Å². The highest BCUT2D eigenvalue weighted by Crippen LogP contribution is 2.60. The number of hydrogen-bond donors (Lipinski definition) is 3. The summed E-state index contributed by atoms with van der Waals surface area (Å²) in [7, 11) is 0. The fourth-order valence-electron chi connectivity index (χ4n) is 6.74. The minimum Gasteiger partial charge on any atom is -0.393 e. The van der Waals surface area contributed by atoms with Gasteiger partial charge in [0.15, 0.2) is 0 Å². The van der Waals surface area contributed by atoms with Crippen LogP contribution in [0.5, 0.6) is 0 Å². The van der Waals surface area contributed by atoms with Crippen LogP contribution in [0.1, 0.15) is 91.9 Å². The predicted octanol–water partition coefficient (Wildman–Crippen LogP) is 5.70. The summed E-state index contributed by atoms with van der Waals surface area (Å²) in [5.74, 6) is 2.11. The second-order valence-electron chi connectivity index (χ2n) is 11.3. The van der Waals surface area contributed by atoms with E-state index >= 15 is 0 Å². The second-order valence-corrected chi connectivity index (χ2v) is 11.3. The van der Waals surface area contributed by atoms with E-state index in [1.54, 1.807) is 5.57 Å². The van der Waals surface area contributed by atoms with Gasteiger partial charge in [-0.05, 0) is 93.1 Å². The second kappa shape index (κ2) is 9.30. The fourth-order valence-corrected chi connectivity index (χ4v) is 6.74. The molecule has 6 atom stereocenters. The molecule has 1 unspecified atom stereocenters. The highest BCUT2D eigenvalue weighted by Gasteiger charge is 2.50. The van der Waals surface area contributed by atoms with Gasteiger partial charge in [-0.25, -0.2) is 0 Å². The van der Waals surface area contributed by atoms with Crippen LogP contribution in [0.4, 0.5) is 0 Å². The summed E-state index contributed by atoms with van der Waals surface area (Å²) in [5.41, 5.74) is 3.17. The summed E-state index contributed by atoms with van der Waals surface area (Å²) in [6.45, 7) is 12.8. The van der Waals surface area contributed by atoms with Crippen LogP contribution < -0.4 is 0 Å². The Bertz CT molecular complexity index is 683. The van der Waals surface area contributed by atoms with Gasteiger partial charge in [-0.15, -0.1) is 0 Å². The maximum atomic E-state index is 10.1. The third-order valence-electron chi connectivity index (χ3n) is 8.44. The molecular weight excluding hydrogens is 372 g/mol. The van der Waals surface area contributed by atoms with Crippen LogP contribution in [0.25, 0.3) is 0 Å². The first-order valence-corrected chi connectivity index (χ1v) is 12.2. The van der Waals surface area contributed by atoms with Crippen molar-refractivity contribution in [1.82, 2.24) is 0 Å². The molecule has 0 aliphatic heterocycles. The van der Waals surface area contributed by atoms with Crippen molar-refractivity contribution in [2.75, 3.05) is 0 Å². The Morgan fingerprint density at radius 3 is 2.67 bits per heavy atom. The first-order valence-electron chi connectivity index (χ1n) is 12.2. The van der Waals surface area contributed by atoms with Gasteiger partial charge in [0.25, 0.3) is 0 Å². The normalized spacial score (nSPS) is 38.8. The van der Waals surface area contributed by atoms with Crippen LogP contribution in [0, 0.1) is 23.2 Å². The molecule has 30 heavy (non-hydrogen) atoms. The Morgan fingerprint density at radius 2 is 1.97 bits per heavy atom. The lowest BCUT2D eigenvalue weighted by Gasteiger charge is -2.44. The van der Waals surface area contributed by atoms with Crippen molar-refractivity contribution >= 4 is 0 Å². The third-order valence-corrected chi connectivity index (χ3v) is 8.44. The van der Waals surface area contributed by atoms with Gasteiger partial charge in [-0.3, -0.25) is 0 Å². The zero-order valence-corrected chi connectivity index (χ0v) is 19.7. The number of hydrogen-bond acceptors (Lipinski definition) is 3. The molecule has 0 amide bonds. The van der Waals surface area contributed by atoms with E-state index in [9.17, 15) is 15.3 Å². The quantitative estimate of drug-likeness (QED) is 0.520. The van der Waals surface area contributed by atoms with Gasteiger partial charge >= 0.3 is 0 Å². The van der Waals surface area contributed by atoms with Gasteiger partial charge < -0.3 is 15.3 Å². The zero-order chi connectivity index (χ0) is 22.1. The van der Waals surface area contributed by atoms with E-state index < -0.39 is 17.8 Å². The lowest BCUT2D eigenvalue weighted by molar-refractivity contribution is 0.0596. The van der Waals surface area contributed by atoms with E-state index in [0.717, 1.165) is 29.9 Å². The van der Waals surface area contributed by atoms with E-state index in [0.29, 0.717) is 30.1 Å². The molecule has 3 rings (SSSR count). The molecule has 0 saturated heterocycles. The minimum atomic E-state index is -0.615. The van der Waals surface area contributed by atoms with E-state index in [-0.39, 0.29) is 0 Å². The first-order chi connectivity index (χ1) is 14.0. The number of rotatable bonds is 6. The van der Waals surface area contributed by atoms with Crippen LogP contribution in [0.3, 0.4) is 0 Å². The molecule has 0 aromatic carbocycles. The van der Waals surface area contributed by atoms with Crippen LogP contribution in [0.2, 0.25) is 0 Å². The molecule has 3 heteroatoms. The average Bonchev–Trinajstić information content (AvgIpc) is 3.00. The topological polar surface area (TPSA) is 60.7 Å². The summed E-state index contributed by atoms with van der Waals surface area (Å²) < 4.78 is 0. The molecule has 3 aliphatic carbocycles. The molecule has 170 valence electrons. The first kappa shape index (κ1) is 23.8. The molecule has 0 aromatic heterocycles. The monoisotopic (exact) mass is 416 g/mol. The molecule has 3 saturated carbocycles. The predicted molar refractivity (Wildman–Crippen MR) is 124 cm³/mol. The van der Waals surface area contributed by atoms with Gasteiger partial charge in [0, 0.05) is 6.42 Å². The fraction of sp³-hybridized carbons (Fsp3) is 0.778. The molecule has 3 nitrogen and oxygen atoms in total. The summed E-state index contributed by atoms with van der Waals surface area (Å²) in [4.78, 5) is 0. The number of fused-ring (bicyclic) bond motifs is 1. The van der Waals surface area contributed by atoms with Crippen LogP contribution in [-0.4, -0.2) is 33.1 Å². The van der Waals surface area contributed by atoms with E-state index in [4.69, 9.17) is 0 Å². The molecule has 3 fully saturated rings. The van der Waals surface area contributed by atoms with Gasteiger partial charge in [-0.1, -0.05) is 51.0 Å². The summed E-state index contributed by atoms with van der Waals surface area (Å²) in [5, 5.41) is 30.2. The summed E-state index contributed by atoms with van der Waals surface area (Å²) in [6, 6.07) is 0. The highest BCUT2D eigenvalue weighted by atomic mass is 16.3. The van der Waals surface area contributed by atoms with Crippen molar-refractivity contribution < 1.29 is 15.3 Å². The molecule has 0 radical (unpaired) electrons. The molecule has 3 aliphatic rings. The zero-order valence-electron chi connectivity index (χ0n) is 19.7. The largest absolute Gasteiger partial charge is 0.393 e. The van der Waals surface area contributed by atoms with Gasteiger partial charge in [0.05, 0.1) is 17.8 Å². The Morgan fingerprint density at radius 1 is 1.23 bits per heavy atom. The number of aliphatic hydroxyl groups is 3. The van der Waals surface area contributed by atoms with Gasteiger partial charge in [0.1, 0.15) is 0 Å². The number of aliphatic hydroxyl groups excluding tert-OH is 2. The molecule has 0 heterocycles. The smallest absolute Gasteiger partial charge is 0.0811 e. The van der Waals surface area contributed by atoms with Gasteiger partial charge in [-0.2, -0.15) is 0 Å². The van der Waals surface area contributed by atoms with Crippen molar-refractivity contribution in [1.29, 1.82) is 0 Å². The van der Waals surface area contributed by atoms with E-state index in [1.165, 1.54) is 38.5 Å². The maximum Gasteiger partial charge on any atom is 0.0811 e. The van der Waals surface area contributed by atoms with E-state index in [2.05, 4.69) is 32.6 Å². The van der Waals surface area contributed by atoms with Crippen LogP contribution in [0.15, 0.2) is 35.5 Å². The summed E-state index contributed by atoms with van der Waals surface area (Å²) >= 11 is 0. The molecule has 0 spiro atoms. The molecule has 0 aromatic rings. The van der Waals surface area contributed by atoms with Crippen LogP contribution >= 0.6 is 0 Å². The average molecular weight is 417 g/mol. The maximum absolute atomic E-state index is 10.1.